The predicted molar refractivity (Wildman–Crippen MR) is 156 cm³/mol. The molecule has 2 aromatic rings. The van der Waals surface area contributed by atoms with Gasteiger partial charge in [-0.2, -0.15) is 0 Å². The molecule has 222 valence electrons. The Morgan fingerprint density at radius 2 is 1.38 bits per heavy atom. The molecule has 0 radical (unpaired) electrons. The van der Waals surface area contributed by atoms with Gasteiger partial charge in [0, 0.05) is 18.6 Å². The molecule has 0 heterocycles. The quantitative estimate of drug-likeness (QED) is 0.264. The first-order valence-electron chi connectivity index (χ1n) is 13.7. The molecule has 0 spiro atoms. The number of hydrogen-bond donors (Lipinski definition) is 5. The first kappa shape index (κ1) is 33.1. The molecule has 2 amide bonds. The summed E-state index contributed by atoms with van der Waals surface area (Å²) >= 11 is 0. The van der Waals surface area contributed by atoms with Crippen molar-refractivity contribution in [2.75, 3.05) is 13.1 Å². The largest absolute Gasteiger partial charge is 0.465 e. The lowest BCUT2D eigenvalue weighted by Gasteiger charge is -2.42. The lowest BCUT2D eigenvalue weighted by Crippen LogP contribution is -2.60. The van der Waals surface area contributed by atoms with Crippen LogP contribution in [-0.4, -0.2) is 80.4 Å². The van der Waals surface area contributed by atoms with Crippen molar-refractivity contribution in [3.8, 4) is 0 Å². The predicted octanol–water partition coefficient (Wildman–Crippen LogP) is 4.21. The maximum absolute atomic E-state index is 12.6. The Bertz CT molecular complexity index is 1060. The molecule has 9 heteroatoms. The molecule has 1 unspecified atom stereocenters. The number of benzene rings is 2. The van der Waals surface area contributed by atoms with Crippen LogP contribution in [0, 0.1) is 0 Å². The van der Waals surface area contributed by atoms with Gasteiger partial charge in [-0.25, -0.2) is 9.59 Å². The number of hydrogen-bond acceptors (Lipinski definition) is 6. The number of alkyl carbamates (subject to hydrolysis) is 1. The Labute approximate surface area is 238 Å². The average Bonchev–Trinajstić information content (AvgIpc) is 2.82. The van der Waals surface area contributed by atoms with Gasteiger partial charge in [0.2, 0.25) is 0 Å². The van der Waals surface area contributed by atoms with Crippen LogP contribution in [0.25, 0.3) is 0 Å². The number of carboxylic acid groups (broad SMARTS) is 1. The fourth-order valence-electron chi connectivity index (χ4n) is 4.64. The number of carbonyl (C=O) groups excluding carboxylic acids is 1. The second-order valence-electron chi connectivity index (χ2n) is 12.5. The summed E-state index contributed by atoms with van der Waals surface area (Å²) in [7, 11) is 0. The van der Waals surface area contributed by atoms with Crippen LogP contribution < -0.4 is 10.6 Å². The van der Waals surface area contributed by atoms with Crippen molar-refractivity contribution in [3.63, 3.8) is 0 Å². The van der Waals surface area contributed by atoms with Gasteiger partial charge >= 0.3 is 12.2 Å². The second kappa shape index (κ2) is 14.0. The Morgan fingerprint density at radius 1 is 0.875 bits per heavy atom. The zero-order valence-corrected chi connectivity index (χ0v) is 24.8. The highest BCUT2D eigenvalue weighted by atomic mass is 16.6. The SMILES string of the molecule is CC(C)(C)OC(=O)N[C@@H](Cc1ccccc1)C(C)(O)CNC[C@@H](O)[C@H](Cc1ccccc1)N(C(=O)O)C(C)(C)C. The van der Waals surface area contributed by atoms with Crippen LogP contribution in [0.15, 0.2) is 60.7 Å². The van der Waals surface area contributed by atoms with Crippen molar-refractivity contribution in [2.24, 2.45) is 0 Å². The van der Waals surface area contributed by atoms with Gasteiger partial charge < -0.3 is 30.7 Å². The zero-order valence-electron chi connectivity index (χ0n) is 24.8. The highest BCUT2D eigenvalue weighted by Crippen LogP contribution is 2.23. The summed E-state index contributed by atoms with van der Waals surface area (Å²) in [5.41, 5.74) is -1.06. The van der Waals surface area contributed by atoms with E-state index in [-0.39, 0.29) is 13.1 Å². The summed E-state index contributed by atoms with van der Waals surface area (Å²) in [6.45, 7) is 12.3. The molecule has 2 rings (SSSR count). The van der Waals surface area contributed by atoms with Gasteiger partial charge in [0.15, 0.2) is 0 Å². The van der Waals surface area contributed by atoms with Gasteiger partial charge in [0.1, 0.15) is 5.60 Å². The Kier molecular flexibility index (Phi) is 11.5. The fourth-order valence-corrected chi connectivity index (χ4v) is 4.64. The molecule has 40 heavy (non-hydrogen) atoms. The van der Waals surface area contributed by atoms with E-state index in [0.29, 0.717) is 12.8 Å². The molecule has 2 aromatic carbocycles. The molecule has 0 aliphatic carbocycles. The summed E-state index contributed by atoms with van der Waals surface area (Å²) in [4.78, 5) is 26.2. The van der Waals surface area contributed by atoms with E-state index < -0.39 is 47.1 Å². The highest BCUT2D eigenvalue weighted by molar-refractivity contribution is 5.68. The molecule has 4 atom stereocenters. The molecule has 0 saturated heterocycles. The van der Waals surface area contributed by atoms with E-state index in [4.69, 9.17) is 4.74 Å². The lowest BCUT2D eigenvalue weighted by atomic mass is 9.90. The number of rotatable bonds is 12. The van der Waals surface area contributed by atoms with Crippen molar-refractivity contribution in [1.82, 2.24) is 15.5 Å². The molecule has 9 nitrogen and oxygen atoms in total. The van der Waals surface area contributed by atoms with E-state index in [1.165, 1.54) is 4.90 Å². The van der Waals surface area contributed by atoms with Gasteiger partial charge in [0.05, 0.1) is 23.8 Å². The van der Waals surface area contributed by atoms with Crippen molar-refractivity contribution >= 4 is 12.2 Å². The molecule has 0 aliphatic heterocycles. The number of amides is 2. The standard InChI is InChI=1S/C31H47N3O6/c1-29(2,3)34(28(37)38)24(18-22-14-10-8-11-15-22)25(35)20-32-21-31(7,39)26(19-23-16-12-9-13-17-23)33-27(36)40-30(4,5)6/h8-17,24-26,32,35,39H,18-21H2,1-7H3,(H,33,36)(H,37,38)/t24-,25+,26-,31?/m0/s1. The number of nitrogens with zero attached hydrogens (tertiary/aromatic N) is 1. The number of carbonyl (C=O) groups is 2. The van der Waals surface area contributed by atoms with Crippen LogP contribution in [0.3, 0.4) is 0 Å². The van der Waals surface area contributed by atoms with E-state index in [0.717, 1.165) is 11.1 Å². The Morgan fingerprint density at radius 3 is 1.82 bits per heavy atom. The van der Waals surface area contributed by atoms with E-state index in [2.05, 4.69) is 10.6 Å². The maximum atomic E-state index is 12.6. The van der Waals surface area contributed by atoms with E-state index >= 15 is 0 Å². The van der Waals surface area contributed by atoms with Crippen LogP contribution in [-0.2, 0) is 17.6 Å². The second-order valence-corrected chi connectivity index (χ2v) is 12.5. The smallest absolute Gasteiger partial charge is 0.408 e. The van der Waals surface area contributed by atoms with Crippen molar-refractivity contribution in [2.45, 2.75) is 96.2 Å². The topological polar surface area (TPSA) is 131 Å². The van der Waals surface area contributed by atoms with Crippen molar-refractivity contribution < 1.29 is 29.6 Å². The minimum Gasteiger partial charge on any atom is -0.465 e. The normalized spacial score (nSPS) is 15.8. The Balaban J connectivity index is 2.19. The van der Waals surface area contributed by atoms with Gasteiger partial charge in [-0.3, -0.25) is 4.90 Å². The summed E-state index contributed by atoms with van der Waals surface area (Å²) < 4.78 is 5.43. The molecular formula is C31H47N3O6. The summed E-state index contributed by atoms with van der Waals surface area (Å²) in [5, 5.41) is 38.7. The first-order valence-corrected chi connectivity index (χ1v) is 13.7. The molecule has 0 saturated carbocycles. The summed E-state index contributed by atoms with van der Waals surface area (Å²) in [6, 6.07) is 17.5. The summed E-state index contributed by atoms with van der Waals surface area (Å²) in [5.74, 6) is 0. The van der Waals surface area contributed by atoms with Crippen molar-refractivity contribution in [1.29, 1.82) is 0 Å². The van der Waals surface area contributed by atoms with Crippen molar-refractivity contribution in [3.05, 3.63) is 71.8 Å². The number of aliphatic hydroxyl groups excluding tert-OH is 1. The molecular weight excluding hydrogens is 510 g/mol. The molecule has 0 aromatic heterocycles. The first-order chi connectivity index (χ1) is 18.5. The zero-order chi connectivity index (χ0) is 30.1. The van der Waals surface area contributed by atoms with Gasteiger partial charge in [0.25, 0.3) is 0 Å². The van der Waals surface area contributed by atoms with Crippen LogP contribution in [0.5, 0.6) is 0 Å². The minimum atomic E-state index is -1.43. The molecule has 0 aliphatic rings. The maximum Gasteiger partial charge on any atom is 0.408 e. The van der Waals surface area contributed by atoms with Crippen LogP contribution in [0.4, 0.5) is 9.59 Å². The van der Waals surface area contributed by atoms with Crippen LogP contribution >= 0.6 is 0 Å². The van der Waals surface area contributed by atoms with E-state index in [9.17, 15) is 24.9 Å². The van der Waals surface area contributed by atoms with E-state index in [1.807, 2.05) is 60.7 Å². The third-order valence-corrected chi connectivity index (χ3v) is 6.55. The van der Waals surface area contributed by atoms with Gasteiger partial charge in [-0.15, -0.1) is 0 Å². The fraction of sp³-hybridized carbons (Fsp3) is 0.548. The molecule has 0 fully saturated rings. The van der Waals surface area contributed by atoms with Gasteiger partial charge in [-0.05, 0) is 72.4 Å². The third-order valence-electron chi connectivity index (χ3n) is 6.55. The number of nitrogens with one attached hydrogen (secondary N) is 2. The third kappa shape index (κ3) is 10.8. The highest BCUT2D eigenvalue weighted by Gasteiger charge is 2.38. The summed E-state index contributed by atoms with van der Waals surface area (Å²) in [6.07, 6.45) is -2.16. The van der Waals surface area contributed by atoms with Gasteiger partial charge in [-0.1, -0.05) is 60.7 Å². The van der Waals surface area contributed by atoms with Crippen LogP contribution in [0.2, 0.25) is 0 Å². The monoisotopic (exact) mass is 557 g/mol. The number of ether oxygens (including phenoxy) is 1. The minimum absolute atomic E-state index is 0.0258. The Hall–Kier alpha value is -3.14. The van der Waals surface area contributed by atoms with Crippen LogP contribution in [0.1, 0.15) is 59.6 Å². The molecule has 0 bridgehead atoms. The number of aliphatic hydroxyl groups is 2. The molecule has 5 N–H and O–H groups in total. The van der Waals surface area contributed by atoms with E-state index in [1.54, 1.807) is 48.5 Å². The average molecular weight is 558 g/mol. The lowest BCUT2D eigenvalue weighted by molar-refractivity contribution is -0.00656.